The maximum atomic E-state index is 13.8. The summed E-state index contributed by atoms with van der Waals surface area (Å²) in [6, 6.07) is 6.31. The summed E-state index contributed by atoms with van der Waals surface area (Å²) in [4.78, 5) is 4.52. The van der Waals surface area contributed by atoms with Gasteiger partial charge in [0, 0.05) is 52.9 Å². The van der Waals surface area contributed by atoms with Crippen molar-refractivity contribution in [1.82, 2.24) is 14.5 Å². The van der Waals surface area contributed by atoms with E-state index in [2.05, 4.69) is 47.1 Å². The van der Waals surface area contributed by atoms with Gasteiger partial charge in [-0.25, -0.2) is 8.42 Å². The minimum Gasteiger partial charge on any atom is -0.369 e. The molecule has 166 valence electrons. The molecule has 4 rings (SSSR count). The predicted molar refractivity (Wildman–Crippen MR) is 128 cm³/mol. The quantitative estimate of drug-likeness (QED) is 0.625. The standard InChI is InChI=1S/C23H30N4O2S2/c1-14-8-7-9-20(15(14)2)26-10-12-27(13-11-26)31(28,29)23-19(6)30-18(5)21(23)22-16(3)17(4)24-25-22/h7-9H,10-13H2,1-6H3,(H,24,25). The lowest BCUT2D eigenvalue weighted by molar-refractivity contribution is 0.385. The van der Waals surface area contributed by atoms with E-state index < -0.39 is 10.0 Å². The predicted octanol–water partition coefficient (Wildman–Crippen LogP) is 4.50. The Labute approximate surface area is 189 Å². The number of thiophene rings is 1. The van der Waals surface area contributed by atoms with Crippen molar-refractivity contribution in [3.8, 4) is 11.3 Å². The Morgan fingerprint density at radius 2 is 1.61 bits per heavy atom. The number of piperazine rings is 1. The molecule has 1 aliphatic heterocycles. The van der Waals surface area contributed by atoms with Gasteiger partial charge in [-0.2, -0.15) is 9.40 Å². The van der Waals surface area contributed by atoms with Gasteiger partial charge in [-0.1, -0.05) is 12.1 Å². The molecule has 0 spiro atoms. The van der Waals surface area contributed by atoms with E-state index in [0.29, 0.717) is 31.1 Å². The van der Waals surface area contributed by atoms with Crippen LogP contribution in [0.1, 0.15) is 32.1 Å². The fourth-order valence-corrected chi connectivity index (χ4v) is 7.59. The molecule has 2 aromatic heterocycles. The number of hydrogen-bond acceptors (Lipinski definition) is 5. The highest BCUT2D eigenvalue weighted by Gasteiger charge is 2.35. The summed E-state index contributed by atoms with van der Waals surface area (Å²) in [6.45, 7) is 14.4. The maximum absolute atomic E-state index is 13.8. The monoisotopic (exact) mass is 458 g/mol. The van der Waals surface area contributed by atoms with Gasteiger partial charge in [0.05, 0.1) is 5.69 Å². The molecule has 0 atom stereocenters. The molecule has 3 aromatic rings. The summed E-state index contributed by atoms with van der Waals surface area (Å²) < 4.78 is 29.2. The van der Waals surface area contributed by atoms with Crippen LogP contribution in [0, 0.1) is 41.5 Å². The van der Waals surface area contributed by atoms with Gasteiger partial charge in [-0.3, -0.25) is 5.10 Å². The van der Waals surface area contributed by atoms with Gasteiger partial charge in [0.1, 0.15) is 4.90 Å². The fourth-order valence-electron chi connectivity index (χ4n) is 4.35. The highest BCUT2D eigenvalue weighted by Crippen LogP contribution is 2.41. The third-order valence-corrected chi connectivity index (χ3v) is 9.67. The number of hydrogen-bond donors (Lipinski definition) is 1. The minimum atomic E-state index is -3.62. The molecule has 3 heterocycles. The van der Waals surface area contributed by atoms with Crippen molar-refractivity contribution in [2.45, 2.75) is 46.4 Å². The summed E-state index contributed by atoms with van der Waals surface area (Å²) >= 11 is 1.53. The first kappa shape index (κ1) is 22.0. The van der Waals surface area contributed by atoms with Gasteiger partial charge >= 0.3 is 0 Å². The summed E-state index contributed by atoms with van der Waals surface area (Å²) in [5, 5.41) is 7.44. The van der Waals surface area contributed by atoms with Crippen molar-refractivity contribution in [3.05, 3.63) is 50.3 Å². The number of benzene rings is 1. The summed E-state index contributed by atoms with van der Waals surface area (Å²) in [7, 11) is -3.62. The molecule has 31 heavy (non-hydrogen) atoms. The van der Waals surface area contributed by atoms with Crippen LogP contribution in [0.2, 0.25) is 0 Å². The zero-order valence-corrected chi connectivity index (χ0v) is 20.7. The van der Waals surface area contributed by atoms with E-state index in [9.17, 15) is 8.42 Å². The molecular formula is C23H30N4O2S2. The number of nitrogens with zero attached hydrogens (tertiary/aromatic N) is 3. The Balaban J connectivity index is 1.65. The average Bonchev–Trinajstić information content (AvgIpc) is 3.22. The van der Waals surface area contributed by atoms with Crippen LogP contribution in [-0.2, 0) is 10.0 Å². The van der Waals surface area contributed by atoms with Crippen LogP contribution in [0.15, 0.2) is 23.1 Å². The van der Waals surface area contributed by atoms with Gasteiger partial charge in [-0.15, -0.1) is 11.3 Å². The minimum absolute atomic E-state index is 0.421. The molecule has 1 aliphatic rings. The molecule has 0 amide bonds. The number of aromatic amines is 1. The Hall–Kier alpha value is -2.16. The number of aromatic nitrogens is 2. The zero-order valence-electron chi connectivity index (χ0n) is 19.0. The van der Waals surface area contributed by atoms with Crippen LogP contribution in [0.4, 0.5) is 5.69 Å². The second-order valence-electron chi connectivity index (χ2n) is 8.35. The van der Waals surface area contributed by atoms with E-state index in [1.54, 1.807) is 4.31 Å². The maximum Gasteiger partial charge on any atom is 0.244 e. The van der Waals surface area contributed by atoms with Crippen molar-refractivity contribution in [1.29, 1.82) is 0 Å². The van der Waals surface area contributed by atoms with E-state index in [4.69, 9.17) is 0 Å². The smallest absolute Gasteiger partial charge is 0.244 e. The van der Waals surface area contributed by atoms with Crippen LogP contribution in [-0.4, -0.2) is 49.1 Å². The van der Waals surface area contributed by atoms with Crippen molar-refractivity contribution >= 4 is 27.0 Å². The van der Waals surface area contributed by atoms with Crippen molar-refractivity contribution in [3.63, 3.8) is 0 Å². The van der Waals surface area contributed by atoms with Gasteiger partial charge in [0.25, 0.3) is 0 Å². The molecule has 0 aliphatic carbocycles. The zero-order chi connectivity index (χ0) is 22.5. The Bertz CT molecular complexity index is 1230. The first-order valence-corrected chi connectivity index (χ1v) is 12.8. The molecule has 0 bridgehead atoms. The largest absolute Gasteiger partial charge is 0.369 e. The SMILES string of the molecule is Cc1cccc(N2CCN(S(=O)(=O)c3c(C)sc(C)c3-c3n[nH]c(C)c3C)CC2)c1C. The van der Waals surface area contributed by atoms with E-state index in [-0.39, 0.29) is 0 Å². The first-order valence-electron chi connectivity index (χ1n) is 10.6. The Morgan fingerprint density at radius 3 is 2.23 bits per heavy atom. The second kappa shape index (κ2) is 8.07. The fraction of sp³-hybridized carbons (Fsp3) is 0.435. The summed E-state index contributed by atoms with van der Waals surface area (Å²) in [6.07, 6.45) is 0. The molecule has 6 nitrogen and oxygen atoms in total. The van der Waals surface area contributed by atoms with E-state index in [1.807, 2.05) is 27.7 Å². The lowest BCUT2D eigenvalue weighted by Gasteiger charge is -2.36. The highest BCUT2D eigenvalue weighted by atomic mass is 32.2. The van der Waals surface area contributed by atoms with E-state index in [1.165, 1.54) is 28.2 Å². The number of sulfonamides is 1. The average molecular weight is 459 g/mol. The van der Waals surface area contributed by atoms with Gasteiger partial charge in [0.2, 0.25) is 10.0 Å². The van der Waals surface area contributed by atoms with Crippen molar-refractivity contribution < 1.29 is 8.42 Å². The highest BCUT2D eigenvalue weighted by molar-refractivity contribution is 7.89. The molecular weight excluding hydrogens is 428 g/mol. The second-order valence-corrected chi connectivity index (χ2v) is 11.7. The van der Waals surface area contributed by atoms with Crippen molar-refractivity contribution in [2.24, 2.45) is 0 Å². The first-order chi connectivity index (χ1) is 14.6. The molecule has 1 aromatic carbocycles. The number of nitrogens with one attached hydrogen (secondary N) is 1. The lowest BCUT2D eigenvalue weighted by atomic mass is 10.1. The summed E-state index contributed by atoms with van der Waals surface area (Å²) in [5.41, 5.74) is 7.16. The van der Waals surface area contributed by atoms with Gasteiger partial charge in [0.15, 0.2) is 0 Å². The van der Waals surface area contributed by atoms with E-state index >= 15 is 0 Å². The number of aryl methyl sites for hydroxylation is 4. The molecule has 8 heteroatoms. The molecule has 1 fully saturated rings. The molecule has 0 unspecified atom stereocenters. The van der Waals surface area contributed by atoms with Crippen LogP contribution >= 0.6 is 11.3 Å². The van der Waals surface area contributed by atoms with E-state index in [0.717, 1.165) is 32.3 Å². The molecule has 0 saturated carbocycles. The van der Waals surface area contributed by atoms with Gasteiger partial charge < -0.3 is 4.90 Å². The van der Waals surface area contributed by atoms with Crippen LogP contribution in [0.5, 0.6) is 0 Å². The normalized spacial score (nSPS) is 15.6. The topological polar surface area (TPSA) is 69.3 Å². The van der Waals surface area contributed by atoms with Crippen LogP contribution in [0.3, 0.4) is 0 Å². The third-order valence-electron chi connectivity index (χ3n) is 6.45. The van der Waals surface area contributed by atoms with Gasteiger partial charge in [-0.05, 0) is 64.3 Å². The molecule has 1 N–H and O–H groups in total. The van der Waals surface area contributed by atoms with Crippen LogP contribution < -0.4 is 4.90 Å². The molecule has 0 radical (unpaired) electrons. The summed E-state index contributed by atoms with van der Waals surface area (Å²) in [5.74, 6) is 0. The van der Waals surface area contributed by atoms with Crippen LogP contribution in [0.25, 0.3) is 11.3 Å². The number of rotatable bonds is 4. The number of H-pyrrole nitrogens is 1. The number of anilines is 1. The lowest BCUT2D eigenvalue weighted by Crippen LogP contribution is -2.49. The Kier molecular flexibility index (Phi) is 5.74. The van der Waals surface area contributed by atoms with Crippen molar-refractivity contribution in [2.75, 3.05) is 31.1 Å². The Morgan fingerprint density at radius 1 is 0.935 bits per heavy atom. The third kappa shape index (κ3) is 3.70. The molecule has 1 saturated heterocycles.